The quantitative estimate of drug-likeness (QED) is 0.691. The van der Waals surface area contributed by atoms with E-state index in [2.05, 4.69) is 5.32 Å². The number of nitrogens with zero attached hydrogens (tertiary/aromatic N) is 1. The van der Waals surface area contributed by atoms with Crippen molar-refractivity contribution in [1.82, 2.24) is 0 Å². The first-order valence-electron chi connectivity index (χ1n) is 8.67. The van der Waals surface area contributed by atoms with Gasteiger partial charge in [-0.3, -0.25) is 14.5 Å². The molecule has 7 heteroatoms. The molecule has 0 unspecified atom stereocenters. The van der Waals surface area contributed by atoms with E-state index in [-0.39, 0.29) is 34.4 Å². The minimum Gasteiger partial charge on any atom is -0.459 e. The Bertz CT molecular complexity index is 1020. The third kappa shape index (κ3) is 3.53. The SMILES string of the molecule is Cc1ccc(F)c(N2C(=O)CS[C@H]2c2ccc(NC(=O)c3ccco3)cc2)c1. The molecule has 1 aliphatic rings. The Morgan fingerprint density at radius 1 is 1.21 bits per heavy atom. The molecule has 4 rings (SSSR count). The Morgan fingerprint density at radius 3 is 2.71 bits per heavy atom. The van der Waals surface area contributed by atoms with Gasteiger partial charge >= 0.3 is 0 Å². The zero-order valence-electron chi connectivity index (χ0n) is 15.0. The maximum absolute atomic E-state index is 14.4. The molecule has 2 amide bonds. The summed E-state index contributed by atoms with van der Waals surface area (Å²) in [6.07, 6.45) is 1.44. The highest BCUT2D eigenvalue weighted by Gasteiger charge is 2.35. The number of thioether (sulfide) groups is 1. The molecule has 2 heterocycles. The predicted octanol–water partition coefficient (Wildman–Crippen LogP) is 4.76. The van der Waals surface area contributed by atoms with E-state index in [1.807, 2.05) is 19.1 Å². The van der Waals surface area contributed by atoms with E-state index in [1.165, 1.54) is 29.0 Å². The number of rotatable bonds is 4. The normalized spacial score (nSPS) is 16.4. The van der Waals surface area contributed by atoms with Crippen LogP contribution in [0.4, 0.5) is 15.8 Å². The van der Waals surface area contributed by atoms with Gasteiger partial charge in [0, 0.05) is 5.69 Å². The number of anilines is 2. The summed E-state index contributed by atoms with van der Waals surface area (Å²) in [5.41, 5.74) is 2.63. The topological polar surface area (TPSA) is 62.6 Å². The Labute approximate surface area is 165 Å². The van der Waals surface area contributed by atoms with Crippen molar-refractivity contribution >= 4 is 35.0 Å². The fourth-order valence-corrected chi connectivity index (χ4v) is 4.24. The van der Waals surface area contributed by atoms with Gasteiger partial charge in [-0.05, 0) is 54.4 Å². The number of amides is 2. The Hall–Kier alpha value is -3.06. The van der Waals surface area contributed by atoms with Crippen LogP contribution in [0.25, 0.3) is 0 Å². The van der Waals surface area contributed by atoms with E-state index in [4.69, 9.17) is 4.42 Å². The van der Waals surface area contributed by atoms with Crippen LogP contribution in [0.3, 0.4) is 0 Å². The molecule has 1 atom stereocenters. The van der Waals surface area contributed by atoms with E-state index in [1.54, 1.807) is 36.4 Å². The lowest BCUT2D eigenvalue weighted by Crippen LogP contribution is -2.28. The Balaban J connectivity index is 1.57. The number of carbonyl (C=O) groups is 2. The van der Waals surface area contributed by atoms with Crippen LogP contribution >= 0.6 is 11.8 Å². The van der Waals surface area contributed by atoms with Gasteiger partial charge in [-0.2, -0.15) is 0 Å². The van der Waals surface area contributed by atoms with Crippen molar-refractivity contribution in [2.75, 3.05) is 16.0 Å². The molecule has 142 valence electrons. The molecule has 1 fully saturated rings. The van der Waals surface area contributed by atoms with Crippen LogP contribution in [-0.4, -0.2) is 17.6 Å². The number of hydrogen-bond acceptors (Lipinski definition) is 4. The highest BCUT2D eigenvalue weighted by molar-refractivity contribution is 8.00. The number of benzene rings is 2. The van der Waals surface area contributed by atoms with Gasteiger partial charge in [-0.25, -0.2) is 4.39 Å². The fraction of sp³-hybridized carbons (Fsp3) is 0.143. The third-order valence-corrected chi connectivity index (χ3v) is 5.64. The van der Waals surface area contributed by atoms with Crippen molar-refractivity contribution < 1.29 is 18.4 Å². The number of carbonyl (C=O) groups excluding carboxylic acids is 2. The minimum atomic E-state index is -0.422. The van der Waals surface area contributed by atoms with E-state index < -0.39 is 5.82 Å². The molecule has 0 saturated carbocycles. The second-order valence-electron chi connectivity index (χ2n) is 6.44. The lowest BCUT2D eigenvalue weighted by atomic mass is 10.1. The van der Waals surface area contributed by atoms with Gasteiger partial charge in [-0.1, -0.05) is 18.2 Å². The smallest absolute Gasteiger partial charge is 0.291 e. The Morgan fingerprint density at radius 2 is 2.00 bits per heavy atom. The molecule has 0 radical (unpaired) electrons. The molecular weight excluding hydrogens is 379 g/mol. The maximum Gasteiger partial charge on any atom is 0.291 e. The number of furan rings is 1. The molecule has 1 N–H and O–H groups in total. The Kier molecular flexibility index (Phi) is 4.92. The molecular formula is C21H17FN2O3S. The second kappa shape index (κ2) is 7.52. The van der Waals surface area contributed by atoms with Gasteiger partial charge in [0.2, 0.25) is 5.91 Å². The van der Waals surface area contributed by atoms with Crippen LogP contribution in [-0.2, 0) is 4.79 Å². The lowest BCUT2D eigenvalue weighted by Gasteiger charge is -2.25. The number of aryl methyl sites for hydroxylation is 1. The average molecular weight is 396 g/mol. The monoisotopic (exact) mass is 396 g/mol. The minimum absolute atomic E-state index is 0.130. The summed E-state index contributed by atoms with van der Waals surface area (Å²) in [5, 5.41) is 2.43. The average Bonchev–Trinajstić information content (AvgIpc) is 3.35. The van der Waals surface area contributed by atoms with Crippen LogP contribution in [0.1, 0.15) is 27.1 Å². The van der Waals surface area contributed by atoms with Crippen molar-refractivity contribution in [3.8, 4) is 0 Å². The summed E-state index contributed by atoms with van der Waals surface area (Å²) < 4.78 is 19.4. The van der Waals surface area contributed by atoms with Crippen LogP contribution in [0.2, 0.25) is 0 Å². The first-order valence-corrected chi connectivity index (χ1v) is 9.72. The third-order valence-electron chi connectivity index (χ3n) is 4.43. The molecule has 0 aliphatic carbocycles. The van der Waals surface area contributed by atoms with Crippen LogP contribution in [0.5, 0.6) is 0 Å². The van der Waals surface area contributed by atoms with Gasteiger partial charge < -0.3 is 9.73 Å². The first kappa shape index (κ1) is 18.3. The molecule has 1 aliphatic heterocycles. The summed E-state index contributed by atoms with van der Waals surface area (Å²) in [4.78, 5) is 26.0. The summed E-state index contributed by atoms with van der Waals surface area (Å²) in [7, 11) is 0. The largest absolute Gasteiger partial charge is 0.459 e. The molecule has 1 aromatic heterocycles. The van der Waals surface area contributed by atoms with E-state index in [9.17, 15) is 14.0 Å². The second-order valence-corrected chi connectivity index (χ2v) is 7.50. The van der Waals surface area contributed by atoms with Gasteiger partial charge in [0.15, 0.2) is 5.76 Å². The predicted molar refractivity (Wildman–Crippen MR) is 107 cm³/mol. The molecule has 2 aromatic carbocycles. The fourth-order valence-electron chi connectivity index (χ4n) is 3.07. The van der Waals surface area contributed by atoms with E-state index in [0.29, 0.717) is 5.69 Å². The zero-order valence-corrected chi connectivity index (χ0v) is 15.8. The van der Waals surface area contributed by atoms with Gasteiger partial charge in [0.1, 0.15) is 11.2 Å². The van der Waals surface area contributed by atoms with E-state index >= 15 is 0 Å². The highest BCUT2D eigenvalue weighted by atomic mass is 32.2. The standard InChI is InChI=1S/C21H17FN2O3S/c1-13-4-9-16(22)17(11-13)24-19(25)12-28-21(24)14-5-7-15(8-6-14)23-20(26)18-3-2-10-27-18/h2-11,21H,12H2,1H3,(H,23,26)/t21-/m0/s1. The molecule has 0 spiro atoms. The van der Waals surface area contributed by atoms with Gasteiger partial charge in [0.05, 0.1) is 17.7 Å². The summed E-state index contributed by atoms with van der Waals surface area (Å²) in [6, 6.07) is 15.1. The van der Waals surface area contributed by atoms with Crippen molar-refractivity contribution in [3.63, 3.8) is 0 Å². The highest BCUT2D eigenvalue weighted by Crippen LogP contribution is 2.43. The summed E-state index contributed by atoms with van der Waals surface area (Å²) in [5.74, 6) is -0.382. The molecule has 1 saturated heterocycles. The van der Waals surface area contributed by atoms with Gasteiger partial charge in [0.25, 0.3) is 5.91 Å². The van der Waals surface area contributed by atoms with Crippen molar-refractivity contribution in [2.45, 2.75) is 12.3 Å². The van der Waals surface area contributed by atoms with Crippen LogP contribution in [0, 0.1) is 12.7 Å². The van der Waals surface area contributed by atoms with Crippen molar-refractivity contribution in [3.05, 3.63) is 83.6 Å². The van der Waals surface area contributed by atoms with Crippen LogP contribution < -0.4 is 10.2 Å². The summed E-state index contributed by atoms with van der Waals surface area (Å²) >= 11 is 1.45. The van der Waals surface area contributed by atoms with Gasteiger partial charge in [-0.15, -0.1) is 11.8 Å². The maximum atomic E-state index is 14.4. The van der Waals surface area contributed by atoms with E-state index in [0.717, 1.165) is 11.1 Å². The summed E-state index contributed by atoms with van der Waals surface area (Å²) in [6.45, 7) is 1.86. The molecule has 28 heavy (non-hydrogen) atoms. The van der Waals surface area contributed by atoms with Crippen molar-refractivity contribution in [1.29, 1.82) is 0 Å². The van der Waals surface area contributed by atoms with Crippen molar-refractivity contribution in [2.24, 2.45) is 0 Å². The molecule has 5 nitrogen and oxygen atoms in total. The zero-order chi connectivity index (χ0) is 19.7. The van der Waals surface area contributed by atoms with Crippen LogP contribution in [0.15, 0.2) is 65.3 Å². The first-order chi connectivity index (χ1) is 13.5. The number of hydrogen-bond donors (Lipinski definition) is 1. The number of halogens is 1. The molecule has 0 bridgehead atoms. The number of nitrogens with one attached hydrogen (secondary N) is 1. The molecule has 3 aromatic rings. The lowest BCUT2D eigenvalue weighted by molar-refractivity contribution is -0.115.